The number of nitrogens with zero attached hydrogens (tertiary/aromatic N) is 2. The monoisotopic (exact) mass is 196 g/mol. The van der Waals surface area contributed by atoms with E-state index in [1.54, 1.807) is 18.3 Å². The van der Waals surface area contributed by atoms with E-state index in [1.165, 1.54) is 6.07 Å². The van der Waals surface area contributed by atoms with Crippen LogP contribution in [0.2, 0.25) is 0 Å². The lowest BCUT2D eigenvalue weighted by Crippen LogP contribution is -1.93. The topological polar surface area (TPSA) is 25.8 Å². The van der Waals surface area contributed by atoms with Crippen molar-refractivity contribution in [1.82, 2.24) is 9.97 Å². The zero-order chi connectivity index (χ0) is 9.26. The molecule has 0 radical (unpaired) electrons. The Morgan fingerprint density at radius 3 is 3.00 bits per heavy atom. The van der Waals surface area contributed by atoms with E-state index < -0.39 is 0 Å². The highest BCUT2D eigenvalue weighted by Gasteiger charge is 2.02. The van der Waals surface area contributed by atoms with Crippen molar-refractivity contribution in [1.29, 1.82) is 0 Å². The zero-order valence-corrected chi connectivity index (χ0v) is 7.42. The number of fused-ring (bicyclic) bond motifs is 1. The first kappa shape index (κ1) is 8.38. The van der Waals surface area contributed by atoms with E-state index in [-0.39, 0.29) is 11.7 Å². The largest absolute Gasteiger partial charge is 0.239 e. The smallest absolute Gasteiger partial charge is 0.149 e. The van der Waals surface area contributed by atoms with Gasteiger partial charge in [-0.15, -0.1) is 11.6 Å². The Labute approximate surface area is 79.4 Å². The van der Waals surface area contributed by atoms with E-state index in [1.807, 2.05) is 0 Å². The van der Waals surface area contributed by atoms with Gasteiger partial charge in [-0.25, -0.2) is 14.4 Å². The highest BCUT2D eigenvalue weighted by molar-refractivity contribution is 6.16. The van der Waals surface area contributed by atoms with Crippen LogP contribution in [0.15, 0.2) is 24.4 Å². The van der Waals surface area contributed by atoms with Crippen LogP contribution in [0.3, 0.4) is 0 Å². The maximum Gasteiger partial charge on any atom is 0.149 e. The molecule has 0 saturated heterocycles. The molecule has 0 saturated carbocycles. The SMILES string of the molecule is Fc1cccc2cnc(CCl)nc12. The molecule has 0 bridgehead atoms. The number of halogens is 2. The predicted octanol–water partition coefficient (Wildman–Crippen LogP) is 2.51. The summed E-state index contributed by atoms with van der Waals surface area (Å²) in [5.74, 6) is 0.301. The molecule has 1 aromatic carbocycles. The fourth-order valence-electron chi connectivity index (χ4n) is 1.12. The molecule has 1 aromatic heterocycles. The first-order valence-corrected chi connectivity index (χ1v) is 4.31. The lowest BCUT2D eigenvalue weighted by molar-refractivity contribution is 0.636. The Hall–Kier alpha value is -1.22. The summed E-state index contributed by atoms with van der Waals surface area (Å²) in [6.45, 7) is 0. The van der Waals surface area contributed by atoms with Crippen molar-refractivity contribution in [3.8, 4) is 0 Å². The second-order valence-corrected chi connectivity index (χ2v) is 2.86. The molecular formula is C9H6ClFN2. The van der Waals surface area contributed by atoms with Crippen LogP contribution in [-0.4, -0.2) is 9.97 Å². The maximum atomic E-state index is 13.2. The Balaban J connectivity index is 2.74. The van der Waals surface area contributed by atoms with E-state index >= 15 is 0 Å². The second kappa shape index (κ2) is 3.26. The van der Waals surface area contributed by atoms with Gasteiger partial charge >= 0.3 is 0 Å². The van der Waals surface area contributed by atoms with Gasteiger partial charge in [0.2, 0.25) is 0 Å². The molecule has 0 atom stereocenters. The highest BCUT2D eigenvalue weighted by Crippen LogP contribution is 2.14. The van der Waals surface area contributed by atoms with Crippen LogP contribution in [0.4, 0.5) is 4.39 Å². The van der Waals surface area contributed by atoms with Crippen molar-refractivity contribution in [2.45, 2.75) is 5.88 Å². The standard InChI is InChI=1S/C9H6ClFN2/c10-4-8-12-5-6-2-1-3-7(11)9(6)13-8/h1-3,5H,4H2. The van der Waals surface area contributed by atoms with Crippen LogP contribution in [0.1, 0.15) is 5.82 Å². The van der Waals surface area contributed by atoms with Crippen LogP contribution < -0.4 is 0 Å². The molecule has 4 heteroatoms. The molecule has 0 aliphatic rings. The van der Waals surface area contributed by atoms with Gasteiger partial charge < -0.3 is 0 Å². The third-order valence-electron chi connectivity index (χ3n) is 1.73. The molecule has 66 valence electrons. The third kappa shape index (κ3) is 1.47. The molecule has 0 fully saturated rings. The first-order chi connectivity index (χ1) is 6.31. The van der Waals surface area contributed by atoms with Crippen molar-refractivity contribution in [3.05, 3.63) is 36.0 Å². The van der Waals surface area contributed by atoms with E-state index in [2.05, 4.69) is 9.97 Å². The van der Waals surface area contributed by atoms with E-state index in [9.17, 15) is 4.39 Å². The number of alkyl halides is 1. The Morgan fingerprint density at radius 2 is 2.23 bits per heavy atom. The van der Waals surface area contributed by atoms with Crippen molar-refractivity contribution < 1.29 is 4.39 Å². The van der Waals surface area contributed by atoms with Gasteiger partial charge in [0.05, 0.1) is 5.88 Å². The Kier molecular flexibility index (Phi) is 2.10. The minimum atomic E-state index is -0.341. The fourth-order valence-corrected chi connectivity index (χ4v) is 1.25. The molecule has 2 aromatic rings. The predicted molar refractivity (Wildman–Crippen MR) is 49.1 cm³/mol. The molecule has 0 N–H and O–H groups in total. The van der Waals surface area contributed by atoms with Crippen molar-refractivity contribution in [2.24, 2.45) is 0 Å². The first-order valence-electron chi connectivity index (χ1n) is 3.77. The minimum absolute atomic E-state index is 0.199. The molecular weight excluding hydrogens is 191 g/mol. The van der Waals surface area contributed by atoms with Gasteiger partial charge in [0.15, 0.2) is 0 Å². The molecule has 2 rings (SSSR count). The molecule has 2 nitrogen and oxygen atoms in total. The summed E-state index contributed by atoms with van der Waals surface area (Å²) in [5.41, 5.74) is 0.327. The molecule has 0 unspecified atom stereocenters. The second-order valence-electron chi connectivity index (χ2n) is 2.60. The molecule has 0 aliphatic carbocycles. The van der Waals surface area contributed by atoms with Crippen LogP contribution in [0.25, 0.3) is 10.9 Å². The van der Waals surface area contributed by atoms with E-state index in [0.717, 1.165) is 0 Å². The zero-order valence-electron chi connectivity index (χ0n) is 6.67. The quantitative estimate of drug-likeness (QED) is 0.655. The number of aromatic nitrogens is 2. The lowest BCUT2D eigenvalue weighted by Gasteiger charge is -1.99. The number of benzene rings is 1. The Morgan fingerprint density at radius 1 is 1.38 bits per heavy atom. The van der Waals surface area contributed by atoms with Crippen LogP contribution in [0.5, 0.6) is 0 Å². The highest BCUT2D eigenvalue weighted by atomic mass is 35.5. The summed E-state index contributed by atoms with van der Waals surface area (Å²) in [7, 11) is 0. The Bertz CT molecular complexity index is 445. The molecule has 0 amide bonds. The van der Waals surface area contributed by atoms with Gasteiger partial charge in [-0.05, 0) is 6.07 Å². The number of para-hydroxylation sites is 1. The van der Waals surface area contributed by atoms with Crippen molar-refractivity contribution >= 4 is 22.5 Å². The maximum absolute atomic E-state index is 13.2. The normalized spacial score (nSPS) is 10.6. The number of hydrogen-bond donors (Lipinski definition) is 0. The average molecular weight is 197 g/mol. The summed E-state index contributed by atoms with van der Waals surface area (Å²) < 4.78 is 13.2. The fraction of sp³-hybridized carbons (Fsp3) is 0.111. The van der Waals surface area contributed by atoms with Crippen molar-refractivity contribution in [2.75, 3.05) is 0 Å². The third-order valence-corrected chi connectivity index (χ3v) is 1.97. The summed E-state index contributed by atoms with van der Waals surface area (Å²) >= 11 is 5.53. The summed E-state index contributed by atoms with van der Waals surface area (Å²) in [5, 5.41) is 0.689. The summed E-state index contributed by atoms with van der Waals surface area (Å²) in [6.07, 6.45) is 1.57. The van der Waals surface area contributed by atoms with Gasteiger partial charge in [0.25, 0.3) is 0 Å². The van der Waals surface area contributed by atoms with Gasteiger partial charge in [-0.3, -0.25) is 0 Å². The summed E-state index contributed by atoms with van der Waals surface area (Å²) in [6, 6.07) is 4.76. The van der Waals surface area contributed by atoms with Gasteiger partial charge in [0, 0.05) is 11.6 Å². The van der Waals surface area contributed by atoms with E-state index in [4.69, 9.17) is 11.6 Å². The van der Waals surface area contributed by atoms with Gasteiger partial charge in [-0.1, -0.05) is 12.1 Å². The minimum Gasteiger partial charge on any atom is -0.239 e. The molecule has 0 spiro atoms. The van der Waals surface area contributed by atoms with Gasteiger partial charge in [-0.2, -0.15) is 0 Å². The van der Waals surface area contributed by atoms with Gasteiger partial charge in [0.1, 0.15) is 17.2 Å². The number of rotatable bonds is 1. The van der Waals surface area contributed by atoms with Crippen LogP contribution in [0, 0.1) is 5.82 Å². The van der Waals surface area contributed by atoms with Crippen LogP contribution in [-0.2, 0) is 5.88 Å². The lowest BCUT2D eigenvalue weighted by atomic mass is 10.2. The van der Waals surface area contributed by atoms with E-state index in [0.29, 0.717) is 16.7 Å². The average Bonchev–Trinajstić information content (AvgIpc) is 2.18. The molecule has 1 heterocycles. The van der Waals surface area contributed by atoms with Crippen LogP contribution >= 0.6 is 11.6 Å². The summed E-state index contributed by atoms with van der Waals surface area (Å²) in [4.78, 5) is 7.93. The number of hydrogen-bond acceptors (Lipinski definition) is 2. The molecule has 0 aliphatic heterocycles. The van der Waals surface area contributed by atoms with Crippen molar-refractivity contribution in [3.63, 3.8) is 0 Å². The molecule has 13 heavy (non-hydrogen) atoms.